The van der Waals surface area contributed by atoms with Crippen LogP contribution in [0.4, 0.5) is 0 Å². The average Bonchev–Trinajstić information content (AvgIpc) is 2.03. The molecule has 1 heterocycles. The first kappa shape index (κ1) is 9.46. The molecule has 0 aliphatic carbocycles. The largest absolute Gasteiger partial charge is 0.389 e. The third-order valence-corrected chi connectivity index (χ3v) is 2.23. The van der Waals surface area contributed by atoms with Gasteiger partial charge in [-0.15, -0.1) is 0 Å². The number of allylic oxidation sites excluding steroid dienone is 1. The van der Waals surface area contributed by atoms with Crippen LogP contribution < -0.4 is 0 Å². The van der Waals surface area contributed by atoms with Gasteiger partial charge in [0.1, 0.15) is 13.6 Å². The van der Waals surface area contributed by atoms with Crippen LogP contribution in [0, 0.1) is 0 Å². The molecule has 2 heteroatoms. The molecule has 2 nitrogen and oxygen atoms in total. The summed E-state index contributed by atoms with van der Waals surface area (Å²) >= 11 is 0. The predicted octanol–water partition coefficient (Wildman–Crippen LogP) is 1.19. The van der Waals surface area contributed by atoms with Crippen LogP contribution in [0.2, 0.25) is 0 Å². The van der Waals surface area contributed by atoms with E-state index in [-0.39, 0.29) is 6.10 Å². The Bertz CT molecular complexity index is 204. The second kappa shape index (κ2) is 4.41. The van der Waals surface area contributed by atoms with Gasteiger partial charge in [0.25, 0.3) is 0 Å². The normalized spacial score (nSPS) is 21.9. The minimum absolute atomic E-state index is 0.326. The highest BCUT2D eigenvalue weighted by atomic mass is 16.3. The summed E-state index contributed by atoms with van der Waals surface area (Å²) in [5.41, 5.74) is 1.35. The molecule has 0 spiro atoms. The summed E-state index contributed by atoms with van der Waals surface area (Å²) in [6.07, 6.45) is 7.29. The second-order valence-corrected chi connectivity index (χ2v) is 3.47. The SMILES string of the molecule is CC(O)/C=C/C1=[N+](C)CCCC1. The average molecular weight is 168 g/mol. The van der Waals surface area contributed by atoms with Crippen molar-refractivity contribution in [1.82, 2.24) is 0 Å². The van der Waals surface area contributed by atoms with Crippen LogP contribution in [0.15, 0.2) is 12.2 Å². The number of nitrogens with zero attached hydrogens (tertiary/aromatic N) is 1. The van der Waals surface area contributed by atoms with E-state index < -0.39 is 0 Å². The Balaban J connectivity index is 2.60. The summed E-state index contributed by atoms with van der Waals surface area (Å²) in [5, 5.41) is 9.05. The van der Waals surface area contributed by atoms with Crippen LogP contribution in [0.3, 0.4) is 0 Å². The molecule has 1 N–H and O–H groups in total. The van der Waals surface area contributed by atoms with E-state index in [0.717, 1.165) is 13.0 Å². The minimum atomic E-state index is -0.326. The van der Waals surface area contributed by atoms with Crippen LogP contribution in [-0.2, 0) is 0 Å². The van der Waals surface area contributed by atoms with Gasteiger partial charge in [0, 0.05) is 18.9 Å². The van der Waals surface area contributed by atoms with E-state index in [2.05, 4.69) is 11.6 Å². The molecule has 0 fully saturated rings. The Morgan fingerprint density at radius 2 is 2.25 bits per heavy atom. The van der Waals surface area contributed by atoms with Crippen molar-refractivity contribution < 1.29 is 9.68 Å². The van der Waals surface area contributed by atoms with Gasteiger partial charge in [0.05, 0.1) is 6.10 Å². The van der Waals surface area contributed by atoms with Gasteiger partial charge in [-0.3, -0.25) is 0 Å². The van der Waals surface area contributed by atoms with Crippen molar-refractivity contribution in [3.05, 3.63) is 12.2 Å². The Morgan fingerprint density at radius 1 is 1.50 bits per heavy atom. The lowest BCUT2D eigenvalue weighted by atomic mass is 10.1. The molecule has 68 valence electrons. The first-order valence-electron chi connectivity index (χ1n) is 4.63. The van der Waals surface area contributed by atoms with Crippen molar-refractivity contribution >= 4 is 5.71 Å². The molecule has 1 aliphatic heterocycles. The zero-order chi connectivity index (χ0) is 8.97. The third kappa shape index (κ3) is 2.78. The van der Waals surface area contributed by atoms with Crippen LogP contribution in [0.1, 0.15) is 26.2 Å². The monoisotopic (exact) mass is 168 g/mol. The Morgan fingerprint density at radius 3 is 2.83 bits per heavy atom. The van der Waals surface area contributed by atoms with E-state index in [9.17, 15) is 0 Å². The quantitative estimate of drug-likeness (QED) is 0.615. The van der Waals surface area contributed by atoms with E-state index >= 15 is 0 Å². The molecule has 0 aromatic rings. The minimum Gasteiger partial charge on any atom is -0.389 e. The lowest BCUT2D eigenvalue weighted by molar-refractivity contribution is -0.502. The second-order valence-electron chi connectivity index (χ2n) is 3.47. The Labute approximate surface area is 74.2 Å². The molecule has 1 unspecified atom stereocenters. The van der Waals surface area contributed by atoms with Crippen molar-refractivity contribution in [2.75, 3.05) is 13.6 Å². The number of aliphatic hydroxyl groups excluding tert-OH is 1. The van der Waals surface area contributed by atoms with E-state index in [1.807, 2.05) is 12.2 Å². The van der Waals surface area contributed by atoms with Crippen molar-refractivity contribution in [3.63, 3.8) is 0 Å². The first-order chi connectivity index (χ1) is 5.70. The summed E-state index contributed by atoms with van der Waals surface area (Å²) in [4.78, 5) is 0. The fraction of sp³-hybridized carbons (Fsp3) is 0.700. The molecule has 0 saturated heterocycles. The summed E-state index contributed by atoms with van der Waals surface area (Å²) in [6.45, 7) is 2.93. The van der Waals surface area contributed by atoms with E-state index in [1.54, 1.807) is 6.92 Å². The molecule has 1 aliphatic rings. The zero-order valence-corrected chi connectivity index (χ0v) is 7.95. The number of rotatable bonds is 2. The molecule has 12 heavy (non-hydrogen) atoms. The van der Waals surface area contributed by atoms with E-state index in [1.165, 1.54) is 18.6 Å². The zero-order valence-electron chi connectivity index (χ0n) is 7.95. The fourth-order valence-electron chi connectivity index (χ4n) is 1.45. The molecule has 0 radical (unpaired) electrons. The van der Waals surface area contributed by atoms with Gasteiger partial charge < -0.3 is 5.11 Å². The van der Waals surface area contributed by atoms with Crippen molar-refractivity contribution in [1.29, 1.82) is 0 Å². The molecular formula is C10H18NO+. The molecule has 0 aromatic heterocycles. The fourth-order valence-corrected chi connectivity index (χ4v) is 1.45. The first-order valence-corrected chi connectivity index (χ1v) is 4.63. The van der Waals surface area contributed by atoms with Crippen LogP contribution in [0.5, 0.6) is 0 Å². The lowest BCUT2D eigenvalue weighted by Crippen LogP contribution is -2.21. The molecule has 0 saturated carbocycles. The highest BCUT2D eigenvalue weighted by Gasteiger charge is 2.12. The van der Waals surface area contributed by atoms with Gasteiger partial charge in [0.15, 0.2) is 5.71 Å². The van der Waals surface area contributed by atoms with E-state index in [0.29, 0.717) is 0 Å². The van der Waals surface area contributed by atoms with E-state index in [4.69, 9.17) is 5.11 Å². The number of hydrogen-bond donors (Lipinski definition) is 1. The van der Waals surface area contributed by atoms with Gasteiger partial charge in [-0.05, 0) is 13.3 Å². The third-order valence-electron chi connectivity index (χ3n) is 2.23. The molecular weight excluding hydrogens is 150 g/mol. The van der Waals surface area contributed by atoms with Crippen LogP contribution in [-0.4, -0.2) is 35.1 Å². The smallest absolute Gasteiger partial charge is 0.175 e. The summed E-state index contributed by atoms with van der Waals surface area (Å²) in [6, 6.07) is 0. The Hall–Kier alpha value is -0.630. The maximum Gasteiger partial charge on any atom is 0.175 e. The number of hydrogen-bond acceptors (Lipinski definition) is 1. The maximum atomic E-state index is 9.05. The molecule has 0 aromatic carbocycles. The van der Waals surface area contributed by atoms with Crippen molar-refractivity contribution in [2.24, 2.45) is 0 Å². The van der Waals surface area contributed by atoms with Crippen molar-refractivity contribution in [2.45, 2.75) is 32.3 Å². The maximum absolute atomic E-state index is 9.05. The topological polar surface area (TPSA) is 23.2 Å². The van der Waals surface area contributed by atoms with Gasteiger partial charge in [0.2, 0.25) is 0 Å². The van der Waals surface area contributed by atoms with Crippen LogP contribution >= 0.6 is 0 Å². The molecule has 0 amide bonds. The van der Waals surface area contributed by atoms with Gasteiger partial charge in [-0.25, -0.2) is 4.58 Å². The lowest BCUT2D eigenvalue weighted by Gasteiger charge is -2.08. The van der Waals surface area contributed by atoms with Gasteiger partial charge in [-0.2, -0.15) is 0 Å². The predicted molar refractivity (Wildman–Crippen MR) is 50.7 cm³/mol. The molecule has 1 atom stereocenters. The van der Waals surface area contributed by atoms with Gasteiger partial charge in [-0.1, -0.05) is 6.08 Å². The summed E-state index contributed by atoms with van der Waals surface area (Å²) in [5.74, 6) is 0. The highest BCUT2D eigenvalue weighted by molar-refractivity contribution is 5.90. The van der Waals surface area contributed by atoms with Crippen LogP contribution in [0.25, 0.3) is 0 Å². The highest BCUT2D eigenvalue weighted by Crippen LogP contribution is 2.05. The molecule has 1 rings (SSSR count). The summed E-state index contributed by atoms with van der Waals surface area (Å²) < 4.78 is 2.27. The number of aliphatic hydroxyl groups is 1. The van der Waals surface area contributed by atoms with Crippen molar-refractivity contribution in [3.8, 4) is 0 Å². The summed E-state index contributed by atoms with van der Waals surface area (Å²) in [7, 11) is 2.11. The molecule has 0 bridgehead atoms. The van der Waals surface area contributed by atoms with Gasteiger partial charge >= 0.3 is 0 Å². The standard InChI is InChI=1S/C10H18NO/c1-9(12)6-7-10-5-3-4-8-11(10)2/h6-7,9,12H,3-5,8H2,1-2H3/q+1/b7-6+. The Kier molecular flexibility index (Phi) is 3.48.